The average molecular weight is 382 g/mol. The molecule has 1 amide bonds. The van der Waals surface area contributed by atoms with Gasteiger partial charge in [-0.3, -0.25) is 4.79 Å². The number of anilines is 1. The minimum Gasteiger partial charge on any atom is -0.462 e. The Balaban J connectivity index is 2.37. The molecule has 1 aromatic heterocycles. The van der Waals surface area contributed by atoms with Crippen LogP contribution in [0.15, 0.2) is 29.6 Å². The molecule has 0 atom stereocenters. The normalized spacial score (nSPS) is 10.2. The number of hydrogen-bond acceptors (Lipinski definition) is 6. The quantitative estimate of drug-likeness (QED) is 0.764. The molecular weight excluding hydrogens is 366 g/mol. The van der Waals surface area contributed by atoms with Crippen molar-refractivity contribution in [3.63, 3.8) is 0 Å². The maximum atomic E-state index is 12.4. The van der Waals surface area contributed by atoms with Crippen LogP contribution in [0, 0.1) is 0 Å². The fraction of sp³-hybridized carbons (Fsp3) is 0.235. The molecule has 25 heavy (non-hydrogen) atoms. The zero-order valence-corrected chi connectivity index (χ0v) is 15.2. The summed E-state index contributed by atoms with van der Waals surface area (Å²) in [5, 5.41) is 4.54. The predicted octanol–water partition coefficient (Wildman–Crippen LogP) is 4.01. The Hall–Kier alpha value is -2.38. The molecule has 0 unspecified atom stereocenters. The van der Waals surface area contributed by atoms with Gasteiger partial charge in [0, 0.05) is 5.38 Å². The van der Waals surface area contributed by atoms with Crippen molar-refractivity contribution in [3.05, 3.63) is 51.4 Å². The van der Waals surface area contributed by atoms with Crippen molar-refractivity contribution < 1.29 is 23.9 Å². The maximum Gasteiger partial charge on any atom is 0.342 e. The Morgan fingerprint density at radius 2 is 1.68 bits per heavy atom. The fourth-order valence-electron chi connectivity index (χ4n) is 2.03. The highest BCUT2D eigenvalue weighted by atomic mass is 35.5. The Morgan fingerprint density at radius 1 is 1.04 bits per heavy atom. The van der Waals surface area contributed by atoms with Crippen molar-refractivity contribution >= 4 is 45.8 Å². The highest BCUT2D eigenvalue weighted by molar-refractivity contribution is 7.15. The Kier molecular flexibility index (Phi) is 6.55. The number of hydrogen-bond donors (Lipinski definition) is 1. The Bertz CT molecular complexity index is 802. The molecule has 1 N–H and O–H groups in total. The SMILES string of the molecule is CCOC(=O)c1csc(NC(=O)c2ccccc2Cl)c1C(=O)OCC. The number of nitrogens with one attached hydrogen (secondary N) is 1. The summed E-state index contributed by atoms with van der Waals surface area (Å²) in [7, 11) is 0. The van der Waals surface area contributed by atoms with Crippen LogP contribution >= 0.6 is 22.9 Å². The third kappa shape index (κ3) is 4.37. The first-order valence-electron chi connectivity index (χ1n) is 7.51. The van der Waals surface area contributed by atoms with Crippen molar-refractivity contribution in [1.82, 2.24) is 0 Å². The number of ether oxygens (including phenoxy) is 2. The third-order valence-electron chi connectivity index (χ3n) is 3.11. The largest absolute Gasteiger partial charge is 0.462 e. The molecule has 2 aromatic rings. The second kappa shape index (κ2) is 8.64. The first kappa shape index (κ1) is 19.0. The zero-order chi connectivity index (χ0) is 18.4. The molecule has 0 fully saturated rings. The summed E-state index contributed by atoms with van der Waals surface area (Å²) < 4.78 is 9.93. The molecule has 0 radical (unpaired) electrons. The van der Waals surface area contributed by atoms with E-state index in [1.54, 1.807) is 38.1 Å². The number of rotatable bonds is 6. The number of benzene rings is 1. The molecule has 0 spiro atoms. The van der Waals surface area contributed by atoms with Crippen LogP contribution < -0.4 is 5.32 Å². The van der Waals surface area contributed by atoms with Crippen molar-refractivity contribution in [2.24, 2.45) is 0 Å². The maximum absolute atomic E-state index is 12.4. The number of thiophene rings is 1. The molecule has 1 aromatic carbocycles. The van der Waals surface area contributed by atoms with Crippen molar-refractivity contribution in [2.75, 3.05) is 18.5 Å². The lowest BCUT2D eigenvalue weighted by Crippen LogP contribution is -2.17. The summed E-state index contributed by atoms with van der Waals surface area (Å²) in [6.07, 6.45) is 0. The molecular formula is C17H16ClNO5S. The molecule has 2 rings (SSSR count). The van der Waals surface area contributed by atoms with Crippen LogP contribution in [-0.4, -0.2) is 31.1 Å². The standard InChI is InChI=1S/C17H16ClNO5S/c1-3-23-16(21)11-9-25-15(13(11)17(22)24-4-2)19-14(20)10-7-5-6-8-12(10)18/h5-9H,3-4H2,1-2H3,(H,19,20). The van der Waals surface area contributed by atoms with Crippen molar-refractivity contribution in [2.45, 2.75) is 13.8 Å². The van der Waals surface area contributed by atoms with Gasteiger partial charge in [-0.05, 0) is 26.0 Å². The topological polar surface area (TPSA) is 81.7 Å². The van der Waals surface area contributed by atoms with E-state index < -0.39 is 17.8 Å². The fourth-order valence-corrected chi connectivity index (χ4v) is 3.16. The van der Waals surface area contributed by atoms with Gasteiger partial charge in [0.1, 0.15) is 10.6 Å². The summed E-state index contributed by atoms with van der Waals surface area (Å²) in [4.78, 5) is 36.7. The van der Waals surface area contributed by atoms with Crippen LogP contribution in [0.2, 0.25) is 5.02 Å². The van der Waals surface area contributed by atoms with Gasteiger partial charge in [-0.15, -0.1) is 11.3 Å². The van der Waals surface area contributed by atoms with Crippen molar-refractivity contribution in [3.8, 4) is 0 Å². The van der Waals surface area contributed by atoms with Gasteiger partial charge < -0.3 is 14.8 Å². The van der Waals surface area contributed by atoms with E-state index in [2.05, 4.69) is 5.32 Å². The monoisotopic (exact) mass is 381 g/mol. The smallest absolute Gasteiger partial charge is 0.342 e. The molecule has 6 nitrogen and oxygen atoms in total. The minimum absolute atomic E-state index is 0.0225. The van der Waals surface area contributed by atoms with Gasteiger partial charge in [-0.1, -0.05) is 23.7 Å². The molecule has 132 valence electrons. The molecule has 0 saturated heterocycles. The van der Waals surface area contributed by atoms with Crippen LogP contribution in [0.5, 0.6) is 0 Å². The molecule has 0 aliphatic carbocycles. The predicted molar refractivity (Wildman–Crippen MR) is 95.6 cm³/mol. The van der Waals surface area contributed by atoms with Gasteiger partial charge in [0.15, 0.2) is 0 Å². The van der Waals surface area contributed by atoms with Crippen LogP contribution in [0.4, 0.5) is 5.00 Å². The number of carbonyl (C=O) groups is 3. The number of amides is 1. The summed E-state index contributed by atoms with van der Waals surface area (Å²) in [6.45, 7) is 3.61. The van der Waals surface area contributed by atoms with E-state index in [0.29, 0.717) is 0 Å². The van der Waals surface area contributed by atoms with Crippen LogP contribution in [0.1, 0.15) is 44.9 Å². The van der Waals surface area contributed by atoms with E-state index in [9.17, 15) is 14.4 Å². The molecule has 8 heteroatoms. The summed E-state index contributed by atoms with van der Waals surface area (Å²) in [6, 6.07) is 6.52. The average Bonchev–Trinajstić information content (AvgIpc) is 2.99. The van der Waals surface area contributed by atoms with Crippen LogP contribution in [0.25, 0.3) is 0 Å². The van der Waals surface area contributed by atoms with E-state index in [0.717, 1.165) is 11.3 Å². The molecule has 1 heterocycles. The van der Waals surface area contributed by atoms with Gasteiger partial charge in [0.25, 0.3) is 5.91 Å². The minimum atomic E-state index is -0.707. The van der Waals surface area contributed by atoms with Crippen LogP contribution in [0.3, 0.4) is 0 Å². The first-order valence-corrected chi connectivity index (χ1v) is 8.76. The van der Waals surface area contributed by atoms with E-state index in [-0.39, 0.29) is 39.9 Å². The summed E-state index contributed by atoms with van der Waals surface area (Å²) in [5.41, 5.74) is 0.288. The third-order valence-corrected chi connectivity index (χ3v) is 4.34. The Labute approximate surface area is 153 Å². The Morgan fingerprint density at radius 3 is 2.32 bits per heavy atom. The highest BCUT2D eigenvalue weighted by Crippen LogP contribution is 2.31. The molecule has 0 bridgehead atoms. The first-order chi connectivity index (χ1) is 12.0. The summed E-state index contributed by atoms with van der Waals surface area (Å²) >= 11 is 7.05. The van der Waals surface area contributed by atoms with E-state index in [1.165, 1.54) is 5.38 Å². The zero-order valence-electron chi connectivity index (χ0n) is 13.6. The molecule has 0 aliphatic rings. The van der Waals surface area contributed by atoms with Gasteiger partial charge in [-0.25, -0.2) is 9.59 Å². The lowest BCUT2D eigenvalue weighted by atomic mass is 10.1. The van der Waals surface area contributed by atoms with Crippen molar-refractivity contribution in [1.29, 1.82) is 0 Å². The highest BCUT2D eigenvalue weighted by Gasteiger charge is 2.27. The van der Waals surface area contributed by atoms with Crippen LogP contribution in [-0.2, 0) is 9.47 Å². The summed E-state index contributed by atoms with van der Waals surface area (Å²) in [5.74, 6) is -1.85. The number of halogens is 1. The second-order valence-electron chi connectivity index (χ2n) is 4.73. The lowest BCUT2D eigenvalue weighted by molar-refractivity contribution is 0.0481. The van der Waals surface area contributed by atoms with E-state index in [4.69, 9.17) is 21.1 Å². The van der Waals surface area contributed by atoms with Gasteiger partial charge in [0.05, 0.1) is 29.4 Å². The number of carbonyl (C=O) groups excluding carboxylic acids is 3. The molecule has 0 aliphatic heterocycles. The van der Waals surface area contributed by atoms with Gasteiger partial charge in [0.2, 0.25) is 0 Å². The molecule has 0 saturated carbocycles. The van der Waals surface area contributed by atoms with Gasteiger partial charge in [-0.2, -0.15) is 0 Å². The van der Waals surface area contributed by atoms with Gasteiger partial charge >= 0.3 is 11.9 Å². The second-order valence-corrected chi connectivity index (χ2v) is 6.02. The van der Waals surface area contributed by atoms with E-state index >= 15 is 0 Å². The van der Waals surface area contributed by atoms with E-state index in [1.807, 2.05) is 0 Å². The lowest BCUT2D eigenvalue weighted by Gasteiger charge is -2.09. The number of esters is 2.